The van der Waals surface area contributed by atoms with Crippen LogP contribution in [0.5, 0.6) is 0 Å². The van der Waals surface area contributed by atoms with Gasteiger partial charge in [0.05, 0.1) is 5.69 Å². The number of hydrogen-bond donors (Lipinski definition) is 1. The van der Waals surface area contributed by atoms with Crippen molar-refractivity contribution in [1.29, 1.82) is 0 Å². The zero-order chi connectivity index (χ0) is 16.9. The molecule has 0 aliphatic carbocycles. The van der Waals surface area contributed by atoms with Gasteiger partial charge in [-0.1, -0.05) is 12.1 Å². The summed E-state index contributed by atoms with van der Waals surface area (Å²) in [7, 11) is 4.04. The number of rotatable bonds is 5. The summed E-state index contributed by atoms with van der Waals surface area (Å²) >= 11 is 0. The Morgan fingerprint density at radius 2 is 1.75 bits per heavy atom. The number of benzene rings is 2. The molecule has 4 nitrogen and oxygen atoms in total. The predicted molar refractivity (Wildman–Crippen MR) is 95.5 cm³/mol. The molecule has 0 amide bonds. The van der Waals surface area contributed by atoms with Crippen molar-refractivity contribution >= 4 is 11.5 Å². The topological polar surface area (TPSA) is 41.0 Å². The second-order valence-corrected chi connectivity index (χ2v) is 5.73. The molecule has 24 heavy (non-hydrogen) atoms. The number of nitrogens with one attached hydrogen (secondary N) is 1. The molecule has 3 rings (SSSR count). The van der Waals surface area contributed by atoms with Crippen molar-refractivity contribution in [1.82, 2.24) is 10.2 Å². The van der Waals surface area contributed by atoms with Crippen LogP contribution in [0.15, 0.2) is 60.7 Å². The van der Waals surface area contributed by atoms with Gasteiger partial charge in [-0.25, -0.2) is 4.39 Å². The van der Waals surface area contributed by atoms with Crippen LogP contribution in [0.4, 0.5) is 15.9 Å². The number of aromatic nitrogens is 2. The Labute approximate surface area is 141 Å². The maximum atomic E-state index is 13.0. The molecule has 1 N–H and O–H groups in total. The number of anilines is 2. The molecule has 0 fully saturated rings. The fourth-order valence-electron chi connectivity index (χ4n) is 2.34. The van der Waals surface area contributed by atoms with Gasteiger partial charge in [0.25, 0.3) is 0 Å². The Bertz CT molecular complexity index is 798. The smallest absolute Gasteiger partial charge is 0.148 e. The van der Waals surface area contributed by atoms with Gasteiger partial charge in [-0.15, -0.1) is 10.2 Å². The lowest BCUT2D eigenvalue weighted by Crippen LogP contribution is -2.09. The minimum Gasteiger partial charge on any atom is -0.378 e. The van der Waals surface area contributed by atoms with E-state index in [1.807, 2.05) is 32.3 Å². The third-order valence-corrected chi connectivity index (χ3v) is 3.71. The highest BCUT2D eigenvalue weighted by molar-refractivity contribution is 5.59. The lowest BCUT2D eigenvalue weighted by Gasteiger charge is -2.14. The molecule has 0 unspecified atom stereocenters. The van der Waals surface area contributed by atoms with Crippen LogP contribution in [0.1, 0.15) is 5.56 Å². The fourth-order valence-corrected chi connectivity index (χ4v) is 2.34. The van der Waals surface area contributed by atoms with E-state index in [0.29, 0.717) is 12.4 Å². The van der Waals surface area contributed by atoms with Crippen molar-refractivity contribution in [2.75, 3.05) is 24.3 Å². The summed E-state index contributed by atoms with van der Waals surface area (Å²) in [5.74, 6) is 0.445. The van der Waals surface area contributed by atoms with Crippen molar-refractivity contribution in [3.8, 4) is 11.3 Å². The van der Waals surface area contributed by atoms with E-state index < -0.39 is 0 Å². The molecule has 2 aromatic carbocycles. The third kappa shape index (κ3) is 3.87. The van der Waals surface area contributed by atoms with Crippen molar-refractivity contribution in [3.63, 3.8) is 0 Å². The zero-order valence-corrected chi connectivity index (χ0v) is 13.7. The van der Waals surface area contributed by atoms with Gasteiger partial charge in [-0.05, 0) is 54.1 Å². The first-order valence-corrected chi connectivity index (χ1v) is 7.71. The van der Waals surface area contributed by atoms with Crippen LogP contribution >= 0.6 is 0 Å². The monoisotopic (exact) mass is 322 g/mol. The Morgan fingerprint density at radius 1 is 0.958 bits per heavy atom. The average Bonchev–Trinajstić information content (AvgIpc) is 2.61. The summed E-state index contributed by atoms with van der Waals surface area (Å²) < 4.78 is 13.0. The molecule has 0 bridgehead atoms. The summed E-state index contributed by atoms with van der Waals surface area (Å²) in [6, 6.07) is 18.3. The normalized spacial score (nSPS) is 10.5. The second kappa shape index (κ2) is 7.08. The summed E-state index contributed by atoms with van der Waals surface area (Å²) in [6.45, 7) is 0.673. The molecule has 3 aromatic rings. The molecule has 122 valence electrons. The van der Waals surface area contributed by atoms with Crippen LogP contribution in [-0.4, -0.2) is 24.3 Å². The van der Waals surface area contributed by atoms with Crippen LogP contribution in [0, 0.1) is 5.82 Å². The molecule has 0 saturated carbocycles. The first-order chi connectivity index (χ1) is 11.6. The van der Waals surface area contributed by atoms with E-state index in [4.69, 9.17) is 0 Å². The predicted octanol–water partition coefficient (Wildman–Crippen LogP) is 3.96. The van der Waals surface area contributed by atoms with Gasteiger partial charge in [-0.2, -0.15) is 0 Å². The SMILES string of the molecule is CN(C)c1cccc(CNc2ccc(-c3ccc(F)cc3)nn2)c1. The van der Waals surface area contributed by atoms with Crippen LogP contribution in [-0.2, 0) is 6.54 Å². The average molecular weight is 322 g/mol. The van der Waals surface area contributed by atoms with Gasteiger partial charge in [-0.3, -0.25) is 0 Å². The van der Waals surface area contributed by atoms with Gasteiger partial charge in [0.2, 0.25) is 0 Å². The summed E-state index contributed by atoms with van der Waals surface area (Å²) in [4.78, 5) is 2.07. The van der Waals surface area contributed by atoms with Crippen LogP contribution in [0.3, 0.4) is 0 Å². The van der Waals surface area contributed by atoms with Gasteiger partial charge in [0.1, 0.15) is 11.6 Å². The minimum absolute atomic E-state index is 0.259. The maximum Gasteiger partial charge on any atom is 0.148 e. The Hall–Kier alpha value is -2.95. The minimum atomic E-state index is -0.259. The molecule has 0 aliphatic rings. The van der Waals surface area contributed by atoms with Crippen molar-refractivity contribution < 1.29 is 4.39 Å². The van der Waals surface area contributed by atoms with E-state index in [1.165, 1.54) is 17.7 Å². The van der Waals surface area contributed by atoms with E-state index in [9.17, 15) is 4.39 Å². The lowest BCUT2D eigenvalue weighted by molar-refractivity contribution is 0.628. The summed E-state index contributed by atoms with van der Waals surface area (Å²) in [5, 5.41) is 11.6. The number of nitrogens with zero attached hydrogens (tertiary/aromatic N) is 3. The Kier molecular flexibility index (Phi) is 4.70. The summed E-state index contributed by atoms with van der Waals surface area (Å²) in [6.07, 6.45) is 0. The molecule has 0 atom stereocenters. The molecule has 1 heterocycles. The molecule has 1 aromatic heterocycles. The molecular formula is C19H19FN4. The molecule has 0 spiro atoms. The van der Waals surface area contributed by atoms with E-state index in [0.717, 1.165) is 16.9 Å². The van der Waals surface area contributed by atoms with Gasteiger partial charge < -0.3 is 10.2 Å². The maximum absolute atomic E-state index is 13.0. The standard InChI is InChI=1S/C19H19FN4/c1-24(2)17-5-3-4-14(12-17)13-21-19-11-10-18(22-23-19)15-6-8-16(20)9-7-15/h3-12H,13H2,1-2H3,(H,21,23). The molecule has 0 radical (unpaired) electrons. The highest BCUT2D eigenvalue weighted by Gasteiger charge is 2.02. The van der Waals surface area contributed by atoms with Gasteiger partial charge >= 0.3 is 0 Å². The molecule has 0 aliphatic heterocycles. The fraction of sp³-hybridized carbons (Fsp3) is 0.158. The van der Waals surface area contributed by atoms with Crippen LogP contribution < -0.4 is 10.2 Å². The second-order valence-electron chi connectivity index (χ2n) is 5.73. The highest BCUT2D eigenvalue weighted by Crippen LogP contribution is 2.18. The first-order valence-electron chi connectivity index (χ1n) is 7.71. The zero-order valence-electron chi connectivity index (χ0n) is 13.7. The quantitative estimate of drug-likeness (QED) is 0.772. The van der Waals surface area contributed by atoms with Gasteiger partial charge in [0.15, 0.2) is 0 Å². The van der Waals surface area contributed by atoms with E-state index in [1.54, 1.807) is 12.1 Å². The molecule has 5 heteroatoms. The van der Waals surface area contributed by atoms with Crippen LogP contribution in [0.2, 0.25) is 0 Å². The lowest BCUT2D eigenvalue weighted by atomic mass is 10.1. The van der Waals surface area contributed by atoms with E-state index in [2.05, 4.69) is 38.6 Å². The largest absolute Gasteiger partial charge is 0.378 e. The van der Waals surface area contributed by atoms with Crippen molar-refractivity contribution in [2.24, 2.45) is 0 Å². The number of hydrogen-bond acceptors (Lipinski definition) is 4. The molecular weight excluding hydrogens is 303 g/mol. The highest BCUT2D eigenvalue weighted by atomic mass is 19.1. The van der Waals surface area contributed by atoms with E-state index >= 15 is 0 Å². The first kappa shape index (κ1) is 15.9. The van der Waals surface area contributed by atoms with Crippen molar-refractivity contribution in [3.05, 3.63) is 72.0 Å². The Morgan fingerprint density at radius 3 is 2.42 bits per heavy atom. The Balaban J connectivity index is 1.66. The van der Waals surface area contributed by atoms with Crippen LogP contribution in [0.25, 0.3) is 11.3 Å². The van der Waals surface area contributed by atoms with Gasteiger partial charge in [0, 0.05) is 31.9 Å². The molecule has 0 saturated heterocycles. The third-order valence-electron chi connectivity index (χ3n) is 3.71. The van der Waals surface area contributed by atoms with Crippen molar-refractivity contribution in [2.45, 2.75) is 6.54 Å². The number of halogens is 1. The van der Waals surface area contributed by atoms with E-state index in [-0.39, 0.29) is 5.82 Å². The summed E-state index contributed by atoms with van der Waals surface area (Å²) in [5.41, 5.74) is 3.89.